The van der Waals surface area contributed by atoms with Gasteiger partial charge in [-0.3, -0.25) is 0 Å². The van der Waals surface area contributed by atoms with E-state index in [1.54, 1.807) is 29.1 Å². The molecule has 1 aromatic heterocycles. The van der Waals surface area contributed by atoms with Gasteiger partial charge in [-0.15, -0.1) is 5.10 Å². The van der Waals surface area contributed by atoms with Crippen molar-refractivity contribution in [2.45, 2.75) is 24.5 Å². The standard InChI is InChI=1S/C27H26FN5O3S2/c28-22-10-8-20(9-11-22)16-32-18-23(29-30-32)19-33-17-21-4-1-2-6-25(21)36-26-7-3-5-24(27(26)38(33,34)35)31-12-14-37-15-13-31/h1-11,18H,12-17,19H2. The highest BCUT2D eigenvalue weighted by Gasteiger charge is 2.36. The quantitative estimate of drug-likeness (QED) is 0.361. The topological polar surface area (TPSA) is 80.6 Å². The van der Waals surface area contributed by atoms with Crippen molar-refractivity contribution < 1.29 is 17.5 Å². The number of anilines is 1. The molecule has 0 radical (unpaired) electrons. The second-order valence-electron chi connectivity index (χ2n) is 9.22. The average Bonchev–Trinajstić information content (AvgIpc) is 3.37. The number of fused-ring (bicyclic) bond motifs is 2. The van der Waals surface area contributed by atoms with Crippen LogP contribution in [-0.4, -0.2) is 52.3 Å². The van der Waals surface area contributed by atoms with Crippen molar-refractivity contribution in [1.29, 1.82) is 0 Å². The van der Waals surface area contributed by atoms with Crippen molar-refractivity contribution >= 4 is 27.5 Å². The molecule has 0 unspecified atom stereocenters. The number of sulfonamides is 1. The number of halogens is 1. The van der Waals surface area contributed by atoms with E-state index in [1.807, 2.05) is 48.2 Å². The molecule has 0 aliphatic carbocycles. The number of benzene rings is 3. The molecule has 2 aliphatic heterocycles. The molecule has 196 valence electrons. The summed E-state index contributed by atoms with van der Waals surface area (Å²) in [6, 6.07) is 19.1. The summed E-state index contributed by atoms with van der Waals surface area (Å²) < 4.78 is 51.2. The van der Waals surface area contributed by atoms with Crippen molar-refractivity contribution in [3.63, 3.8) is 0 Å². The molecule has 0 N–H and O–H groups in total. The summed E-state index contributed by atoms with van der Waals surface area (Å²) >= 11 is 1.87. The van der Waals surface area contributed by atoms with Gasteiger partial charge < -0.3 is 9.64 Å². The summed E-state index contributed by atoms with van der Waals surface area (Å²) in [6.45, 7) is 2.11. The SMILES string of the molecule is O=S1(=O)c2c(cccc2N2CCSCC2)Oc2ccccc2CN1Cc1cn(Cc2ccc(F)cc2)nn1. The number of aromatic nitrogens is 3. The van der Waals surface area contributed by atoms with Gasteiger partial charge in [0.2, 0.25) is 10.0 Å². The normalized spacial score (nSPS) is 17.1. The fraction of sp³-hybridized carbons (Fsp3) is 0.259. The van der Waals surface area contributed by atoms with Crippen LogP contribution in [-0.2, 0) is 29.7 Å². The first kappa shape index (κ1) is 24.9. The van der Waals surface area contributed by atoms with E-state index in [4.69, 9.17) is 4.74 Å². The molecular weight excluding hydrogens is 525 g/mol. The van der Waals surface area contributed by atoms with Crippen LogP contribution in [0.1, 0.15) is 16.8 Å². The van der Waals surface area contributed by atoms with Crippen LogP contribution in [0.25, 0.3) is 0 Å². The molecule has 2 aliphatic rings. The van der Waals surface area contributed by atoms with E-state index in [0.29, 0.717) is 29.4 Å². The maximum Gasteiger partial charge on any atom is 0.249 e. The summed E-state index contributed by atoms with van der Waals surface area (Å²) in [5.74, 6) is 2.52. The van der Waals surface area contributed by atoms with Crippen molar-refractivity contribution in [2.75, 3.05) is 29.5 Å². The lowest BCUT2D eigenvalue weighted by Gasteiger charge is -2.33. The molecular formula is C27H26FN5O3S2. The van der Waals surface area contributed by atoms with Crippen molar-refractivity contribution in [2.24, 2.45) is 0 Å². The maximum absolute atomic E-state index is 14.3. The minimum atomic E-state index is -3.98. The first-order valence-electron chi connectivity index (χ1n) is 12.3. The van der Waals surface area contributed by atoms with Crippen LogP contribution in [0.3, 0.4) is 0 Å². The summed E-state index contributed by atoms with van der Waals surface area (Å²) in [5.41, 5.74) is 2.81. The van der Waals surface area contributed by atoms with E-state index in [9.17, 15) is 12.8 Å². The Kier molecular flexibility index (Phi) is 6.81. The largest absolute Gasteiger partial charge is 0.456 e. The van der Waals surface area contributed by atoms with E-state index in [0.717, 1.165) is 35.7 Å². The number of hydrogen-bond acceptors (Lipinski definition) is 7. The molecule has 1 fully saturated rings. The summed E-state index contributed by atoms with van der Waals surface area (Å²) in [4.78, 5) is 2.31. The van der Waals surface area contributed by atoms with E-state index in [-0.39, 0.29) is 23.8 Å². The summed E-state index contributed by atoms with van der Waals surface area (Å²) in [6.07, 6.45) is 1.73. The number of nitrogens with zero attached hydrogens (tertiary/aromatic N) is 5. The lowest BCUT2D eigenvalue weighted by atomic mass is 10.2. The highest BCUT2D eigenvalue weighted by atomic mass is 32.2. The number of thioether (sulfide) groups is 1. The zero-order valence-electron chi connectivity index (χ0n) is 20.5. The molecule has 0 spiro atoms. The molecule has 0 atom stereocenters. The van der Waals surface area contributed by atoms with E-state index in [2.05, 4.69) is 15.2 Å². The van der Waals surface area contributed by atoms with Crippen LogP contribution in [0.4, 0.5) is 10.1 Å². The average molecular weight is 552 g/mol. The van der Waals surface area contributed by atoms with Gasteiger partial charge in [0, 0.05) is 36.7 Å². The van der Waals surface area contributed by atoms with Crippen LogP contribution in [0.15, 0.2) is 77.8 Å². The van der Waals surface area contributed by atoms with Gasteiger partial charge in [0.15, 0.2) is 0 Å². The fourth-order valence-corrected chi connectivity index (χ4v) is 7.34. The smallest absolute Gasteiger partial charge is 0.249 e. The van der Waals surface area contributed by atoms with Crippen LogP contribution in [0.5, 0.6) is 11.5 Å². The molecule has 0 saturated carbocycles. The van der Waals surface area contributed by atoms with Gasteiger partial charge in [0.25, 0.3) is 0 Å². The molecule has 4 aromatic rings. The predicted molar refractivity (Wildman–Crippen MR) is 144 cm³/mol. The minimum Gasteiger partial charge on any atom is -0.456 e. The molecule has 38 heavy (non-hydrogen) atoms. The first-order valence-corrected chi connectivity index (χ1v) is 14.9. The van der Waals surface area contributed by atoms with Gasteiger partial charge in [-0.25, -0.2) is 17.5 Å². The molecule has 6 rings (SSSR count). The summed E-state index contributed by atoms with van der Waals surface area (Å²) in [5, 5.41) is 8.44. The van der Waals surface area contributed by atoms with Crippen LogP contribution < -0.4 is 9.64 Å². The van der Waals surface area contributed by atoms with Gasteiger partial charge in [-0.2, -0.15) is 16.1 Å². The number of para-hydroxylation sites is 1. The van der Waals surface area contributed by atoms with E-state index in [1.165, 1.54) is 16.4 Å². The third kappa shape index (κ3) is 5.01. The Morgan fingerprint density at radius 1 is 0.921 bits per heavy atom. The second-order valence-corrected chi connectivity index (χ2v) is 12.3. The van der Waals surface area contributed by atoms with Gasteiger partial charge in [-0.1, -0.05) is 41.6 Å². The molecule has 11 heteroatoms. The molecule has 3 aromatic carbocycles. The van der Waals surface area contributed by atoms with Crippen LogP contribution >= 0.6 is 11.8 Å². The zero-order chi connectivity index (χ0) is 26.1. The molecule has 0 bridgehead atoms. The maximum atomic E-state index is 14.3. The third-order valence-corrected chi connectivity index (χ3v) is 9.44. The Morgan fingerprint density at radius 2 is 1.68 bits per heavy atom. The third-order valence-electron chi connectivity index (χ3n) is 6.63. The van der Waals surface area contributed by atoms with Crippen LogP contribution in [0.2, 0.25) is 0 Å². The second kappa shape index (κ2) is 10.4. The first-order chi connectivity index (χ1) is 18.5. The highest BCUT2D eigenvalue weighted by Crippen LogP contribution is 2.42. The monoisotopic (exact) mass is 551 g/mol. The predicted octanol–water partition coefficient (Wildman–Crippen LogP) is 4.52. The Bertz CT molecular complexity index is 1550. The Morgan fingerprint density at radius 3 is 2.50 bits per heavy atom. The van der Waals surface area contributed by atoms with E-state index >= 15 is 0 Å². The van der Waals surface area contributed by atoms with Gasteiger partial charge in [0.1, 0.15) is 22.2 Å². The zero-order valence-corrected chi connectivity index (χ0v) is 22.2. The number of ether oxygens (including phenoxy) is 1. The van der Waals surface area contributed by atoms with Crippen molar-refractivity contribution in [3.05, 3.63) is 95.6 Å². The van der Waals surface area contributed by atoms with Crippen molar-refractivity contribution in [1.82, 2.24) is 19.3 Å². The van der Waals surface area contributed by atoms with Crippen LogP contribution in [0, 0.1) is 5.82 Å². The molecule has 8 nitrogen and oxygen atoms in total. The Labute approximate surface area is 225 Å². The summed E-state index contributed by atoms with van der Waals surface area (Å²) in [7, 11) is -3.98. The fourth-order valence-electron chi connectivity index (χ4n) is 4.74. The molecule has 1 saturated heterocycles. The number of rotatable bonds is 5. The van der Waals surface area contributed by atoms with Crippen molar-refractivity contribution in [3.8, 4) is 11.5 Å². The molecule has 3 heterocycles. The molecule has 0 amide bonds. The highest BCUT2D eigenvalue weighted by molar-refractivity contribution is 7.99. The minimum absolute atomic E-state index is 0.0453. The lowest BCUT2D eigenvalue weighted by molar-refractivity contribution is 0.371. The Hall–Kier alpha value is -3.41. The van der Waals surface area contributed by atoms with Gasteiger partial charge >= 0.3 is 0 Å². The van der Waals surface area contributed by atoms with Gasteiger partial charge in [-0.05, 0) is 35.9 Å². The Balaban J connectivity index is 1.37. The van der Waals surface area contributed by atoms with E-state index < -0.39 is 10.0 Å². The lowest BCUT2D eigenvalue weighted by Crippen LogP contribution is -2.36. The number of hydrogen-bond donors (Lipinski definition) is 0. The van der Waals surface area contributed by atoms with Gasteiger partial charge in [0.05, 0.1) is 30.7 Å².